The van der Waals surface area contributed by atoms with Crippen LogP contribution in [0.3, 0.4) is 0 Å². The number of aromatic nitrogens is 2. The zero-order valence-corrected chi connectivity index (χ0v) is 12.2. The third-order valence-corrected chi connectivity index (χ3v) is 3.76. The molecule has 1 aliphatic carbocycles. The van der Waals surface area contributed by atoms with E-state index in [9.17, 15) is 0 Å². The van der Waals surface area contributed by atoms with Crippen molar-refractivity contribution in [2.45, 2.75) is 26.2 Å². The Hall–Kier alpha value is -1.55. The number of pyridine rings is 1. The first-order chi connectivity index (χ1) is 9.85. The molecule has 3 rings (SSSR count). The van der Waals surface area contributed by atoms with Gasteiger partial charge >= 0.3 is 0 Å². The fourth-order valence-electron chi connectivity index (χ4n) is 2.54. The summed E-state index contributed by atoms with van der Waals surface area (Å²) in [5, 5.41) is 4.40. The van der Waals surface area contributed by atoms with Gasteiger partial charge in [0, 0.05) is 25.4 Å². The summed E-state index contributed by atoms with van der Waals surface area (Å²) in [6.07, 6.45) is 5.97. The zero-order chi connectivity index (χ0) is 13.8. The van der Waals surface area contributed by atoms with E-state index in [1.807, 2.05) is 35.0 Å². The molecule has 0 aromatic carbocycles. The molecule has 0 N–H and O–H groups in total. The minimum absolute atomic E-state index is 0.719. The van der Waals surface area contributed by atoms with E-state index in [0.717, 1.165) is 30.5 Å². The maximum Gasteiger partial charge on any atom is 0.233 e. The lowest BCUT2D eigenvalue weighted by molar-refractivity contribution is 0.199. The molecule has 108 valence electrons. The van der Waals surface area contributed by atoms with Gasteiger partial charge in [-0.3, -0.25) is 4.90 Å². The third kappa shape index (κ3) is 3.51. The molecule has 2 heterocycles. The lowest BCUT2D eigenvalue weighted by Gasteiger charge is -2.21. The van der Waals surface area contributed by atoms with Crippen molar-refractivity contribution in [1.82, 2.24) is 14.5 Å². The first-order valence-corrected chi connectivity index (χ1v) is 7.64. The highest BCUT2D eigenvalue weighted by Gasteiger charge is 2.23. The van der Waals surface area contributed by atoms with Gasteiger partial charge in [-0.05, 0) is 43.9 Å². The molecule has 0 spiro atoms. The van der Waals surface area contributed by atoms with E-state index in [-0.39, 0.29) is 0 Å². The summed E-state index contributed by atoms with van der Waals surface area (Å²) >= 11 is 0. The van der Waals surface area contributed by atoms with Crippen molar-refractivity contribution in [2.75, 3.05) is 26.2 Å². The molecular formula is C16H23N3O. The number of hydrogen-bond donors (Lipinski definition) is 0. The minimum Gasteiger partial charge on any atom is -0.475 e. The highest BCUT2D eigenvalue weighted by Crippen LogP contribution is 2.29. The highest BCUT2D eigenvalue weighted by atomic mass is 16.5. The largest absolute Gasteiger partial charge is 0.475 e. The number of rotatable bonds is 8. The molecule has 0 aliphatic heterocycles. The molecule has 2 aromatic heterocycles. The van der Waals surface area contributed by atoms with E-state index in [0.29, 0.717) is 0 Å². The Labute approximate surface area is 120 Å². The number of ether oxygens (including phenoxy) is 1. The molecule has 20 heavy (non-hydrogen) atoms. The molecule has 0 bridgehead atoms. The second kappa shape index (κ2) is 6.27. The van der Waals surface area contributed by atoms with Crippen LogP contribution in [0.5, 0.6) is 5.88 Å². The molecule has 1 saturated carbocycles. The Morgan fingerprint density at radius 3 is 3.00 bits per heavy atom. The van der Waals surface area contributed by atoms with Crippen LogP contribution < -0.4 is 4.74 Å². The second-order valence-corrected chi connectivity index (χ2v) is 5.65. The second-order valence-electron chi connectivity index (χ2n) is 5.65. The van der Waals surface area contributed by atoms with Gasteiger partial charge in [-0.15, -0.1) is 5.10 Å². The van der Waals surface area contributed by atoms with Crippen molar-refractivity contribution < 1.29 is 4.74 Å². The van der Waals surface area contributed by atoms with Crippen LogP contribution in [0, 0.1) is 5.92 Å². The SMILES string of the molecule is CCCN(CCOc1cc2ccccn2n1)CC1CC1. The maximum absolute atomic E-state index is 5.80. The van der Waals surface area contributed by atoms with Crippen molar-refractivity contribution in [3.05, 3.63) is 30.5 Å². The van der Waals surface area contributed by atoms with Crippen LogP contribution in [0.2, 0.25) is 0 Å². The first-order valence-electron chi connectivity index (χ1n) is 7.64. The summed E-state index contributed by atoms with van der Waals surface area (Å²) in [6.45, 7) is 6.37. The summed E-state index contributed by atoms with van der Waals surface area (Å²) in [4.78, 5) is 2.52. The predicted octanol–water partition coefficient (Wildman–Crippen LogP) is 2.84. The molecule has 0 amide bonds. The van der Waals surface area contributed by atoms with Crippen LogP contribution in [-0.4, -0.2) is 40.8 Å². The quantitative estimate of drug-likeness (QED) is 0.741. The van der Waals surface area contributed by atoms with Crippen LogP contribution in [0.4, 0.5) is 0 Å². The lowest BCUT2D eigenvalue weighted by Crippen LogP contribution is -2.31. The van der Waals surface area contributed by atoms with Gasteiger partial charge in [-0.1, -0.05) is 13.0 Å². The van der Waals surface area contributed by atoms with Crippen LogP contribution in [0.25, 0.3) is 5.52 Å². The van der Waals surface area contributed by atoms with Crippen LogP contribution >= 0.6 is 0 Å². The van der Waals surface area contributed by atoms with Crippen molar-refractivity contribution in [3.63, 3.8) is 0 Å². The maximum atomic E-state index is 5.80. The molecule has 4 heteroatoms. The Bertz CT molecular complexity index is 514. The Balaban J connectivity index is 1.49. The molecule has 1 fully saturated rings. The lowest BCUT2D eigenvalue weighted by atomic mass is 10.3. The van der Waals surface area contributed by atoms with E-state index in [4.69, 9.17) is 4.74 Å². The van der Waals surface area contributed by atoms with Crippen molar-refractivity contribution in [1.29, 1.82) is 0 Å². The molecule has 0 saturated heterocycles. The molecular weight excluding hydrogens is 250 g/mol. The van der Waals surface area contributed by atoms with Crippen LogP contribution in [0.15, 0.2) is 30.5 Å². The molecule has 4 nitrogen and oxygen atoms in total. The fraction of sp³-hybridized carbons (Fsp3) is 0.562. The van der Waals surface area contributed by atoms with E-state index in [1.54, 1.807) is 0 Å². The van der Waals surface area contributed by atoms with E-state index < -0.39 is 0 Å². The van der Waals surface area contributed by atoms with E-state index >= 15 is 0 Å². The summed E-state index contributed by atoms with van der Waals surface area (Å²) in [5.41, 5.74) is 1.07. The van der Waals surface area contributed by atoms with Crippen molar-refractivity contribution >= 4 is 5.52 Å². The van der Waals surface area contributed by atoms with Gasteiger partial charge < -0.3 is 4.74 Å². The summed E-state index contributed by atoms with van der Waals surface area (Å²) in [6, 6.07) is 8.02. The van der Waals surface area contributed by atoms with Gasteiger partial charge in [0.15, 0.2) is 0 Å². The molecule has 2 aromatic rings. The number of fused-ring (bicyclic) bond motifs is 1. The van der Waals surface area contributed by atoms with Gasteiger partial charge in [0.05, 0.1) is 5.52 Å². The topological polar surface area (TPSA) is 29.8 Å². The standard InChI is InChI=1S/C16H23N3O/c1-2-8-18(13-14-6-7-14)10-11-20-16-12-15-5-3-4-9-19(15)17-16/h3-5,9,12,14H,2,6-8,10-11,13H2,1H3. The van der Waals surface area contributed by atoms with Gasteiger partial charge in [0.2, 0.25) is 5.88 Å². The number of hydrogen-bond acceptors (Lipinski definition) is 3. The summed E-state index contributed by atoms with van der Waals surface area (Å²) < 4.78 is 7.65. The van der Waals surface area contributed by atoms with Crippen LogP contribution in [0.1, 0.15) is 26.2 Å². The Morgan fingerprint density at radius 2 is 2.25 bits per heavy atom. The zero-order valence-electron chi connectivity index (χ0n) is 12.2. The van der Waals surface area contributed by atoms with Gasteiger partial charge in [0.25, 0.3) is 0 Å². The number of nitrogens with zero attached hydrogens (tertiary/aromatic N) is 3. The van der Waals surface area contributed by atoms with Gasteiger partial charge in [0.1, 0.15) is 6.61 Å². The normalized spacial score (nSPS) is 15.1. The Kier molecular flexibility index (Phi) is 4.21. The highest BCUT2D eigenvalue weighted by molar-refractivity contribution is 5.48. The van der Waals surface area contributed by atoms with Gasteiger partial charge in [-0.2, -0.15) is 0 Å². The first kappa shape index (κ1) is 13.4. The summed E-state index contributed by atoms with van der Waals surface area (Å²) in [7, 11) is 0. The Morgan fingerprint density at radius 1 is 1.35 bits per heavy atom. The van der Waals surface area contributed by atoms with Crippen molar-refractivity contribution in [2.24, 2.45) is 5.92 Å². The smallest absolute Gasteiger partial charge is 0.233 e. The average molecular weight is 273 g/mol. The van der Waals surface area contributed by atoms with E-state index in [2.05, 4.69) is 16.9 Å². The van der Waals surface area contributed by atoms with Crippen LogP contribution in [-0.2, 0) is 0 Å². The molecule has 0 radical (unpaired) electrons. The molecule has 1 aliphatic rings. The third-order valence-electron chi connectivity index (χ3n) is 3.76. The minimum atomic E-state index is 0.719. The summed E-state index contributed by atoms with van der Waals surface area (Å²) in [5.74, 6) is 1.66. The van der Waals surface area contributed by atoms with Crippen molar-refractivity contribution in [3.8, 4) is 5.88 Å². The molecule has 0 unspecified atom stereocenters. The monoisotopic (exact) mass is 273 g/mol. The van der Waals surface area contributed by atoms with E-state index in [1.165, 1.54) is 32.4 Å². The average Bonchev–Trinajstić information content (AvgIpc) is 3.16. The van der Waals surface area contributed by atoms with Gasteiger partial charge in [-0.25, -0.2) is 4.52 Å². The molecule has 0 atom stereocenters. The fourth-order valence-corrected chi connectivity index (χ4v) is 2.54. The predicted molar refractivity (Wildman–Crippen MR) is 80.1 cm³/mol.